The predicted molar refractivity (Wildman–Crippen MR) is 112 cm³/mol. The maximum Gasteiger partial charge on any atom is 0.322 e. The van der Waals surface area contributed by atoms with E-state index in [0.717, 1.165) is 30.8 Å². The minimum Gasteiger partial charge on any atom is -0.480 e. The SMILES string of the molecule is CCc1ccc(C(=O)NCC(=O)O)cn1.CCc1ccc(C(=O)NCCNC)c[nH+]1. The normalized spacial score (nSPS) is 9.83. The molecule has 0 aliphatic heterocycles. The van der Waals surface area contributed by atoms with Gasteiger partial charge in [0.05, 0.1) is 5.56 Å². The van der Waals surface area contributed by atoms with Gasteiger partial charge >= 0.3 is 5.97 Å². The molecule has 9 heteroatoms. The van der Waals surface area contributed by atoms with Crippen LogP contribution in [0, 0.1) is 0 Å². The minimum absolute atomic E-state index is 0.0378. The molecule has 2 amide bonds. The number of nitrogens with zero attached hydrogens (tertiary/aromatic N) is 1. The summed E-state index contributed by atoms with van der Waals surface area (Å²) in [6.45, 7) is 5.08. The molecule has 0 unspecified atom stereocenters. The Morgan fingerprint density at radius 1 is 0.967 bits per heavy atom. The van der Waals surface area contributed by atoms with Gasteiger partial charge in [0.25, 0.3) is 11.8 Å². The summed E-state index contributed by atoms with van der Waals surface area (Å²) in [4.78, 5) is 40.2. The van der Waals surface area contributed by atoms with Crippen LogP contribution in [0.3, 0.4) is 0 Å². The molecule has 0 fully saturated rings. The van der Waals surface area contributed by atoms with Gasteiger partial charge in [-0.2, -0.15) is 0 Å². The number of pyridine rings is 2. The Labute approximate surface area is 176 Å². The highest BCUT2D eigenvalue weighted by Crippen LogP contribution is 2.00. The molecule has 0 aliphatic rings. The standard InChI is InChI=1S/C11H17N3O.C10H12N2O3/c1-3-10-5-4-9(8-14-10)11(15)13-7-6-12-2;1-2-8-4-3-7(5-11-8)10(15)12-6-9(13)14/h4-5,8,12H,3,6-7H2,1-2H3,(H,13,15);3-5H,2,6H2,1H3,(H,12,15)(H,13,14)/p+1. The van der Waals surface area contributed by atoms with Crippen molar-refractivity contribution >= 4 is 17.8 Å². The Morgan fingerprint density at radius 3 is 2.17 bits per heavy atom. The van der Waals surface area contributed by atoms with Crippen molar-refractivity contribution in [1.29, 1.82) is 0 Å². The molecule has 2 rings (SSSR count). The van der Waals surface area contributed by atoms with Crippen molar-refractivity contribution in [3.05, 3.63) is 59.2 Å². The average molecular weight is 417 g/mol. The lowest BCUT2D eigenvalue weighted by Crippen LogP contribution is -2.31. The van der Waals surface area contributed by atoms with Gasteiger partial charge in [0.15, 0.2) is 11.9 Å². The first-order valence-electron chi connectivity index (χ1n) is 9.79. The van der Waals surface area contributed by atoms with Crippen LogP contribution < -0.4 is 20.9 Å². The zero-order valence-electron chi connectivity index (χ0n) is 17.6. The number of aryl methyl sites for hydroxylation is 2. The lowest BCUT2D eigenvalue weighted by Gasteiger charge is -2.02. The van der Waals surface area contributed by atoms with Gasteiger partial charge in [-0.25, -0.2) is 4.98 Å². The highest BCUT2D eigenvalue weighted by Gasteiger charge is 2.08. The number of carbonyl (C=O) groups is 3. The number of amides is 2. The van der Waals surface area contributed by atoms with Crippen molar-refractivity contribution < 1.29 is 24.5 Å². The van der Waals surface area contributed by atoms with Crippen LogP contribution in [0.15, 0.2) is 36.7 Å². The molecule has 0 aliphatic carbocycles. The van der Waals surface area contributed by atoms with E-state index in [-0.39, 0.29) is 12.5 Å². The molecule has 2 heterocycles. The lowest BCUT2D eigenvalue weighted by molar-refractivity contribution is -0.390. The van der Waals surface area contributed by atoms with Crippen LogP contribution in [-0.2, 0) is 17.6 Å². The molecule has 9 nitrogen and oxygen atoms in total. The number of carboxylic acid groups (broad SMARTS) is 1. The first kappa shape index (κ1) is 24.7. The van der Waals surface area contributed by atoms with E-state index in [1.54, 1.807) is 18.3 Å². The maximum atomic E-state index is 11.6. The third-order valence-electron chi connectivity index (χ3n) is 4.03. The first-order valence-corrected chi connectivity index (χ1v) is 9.79. The second kappa shape index (κ2) is 13.8. The van der Waals surface area contributed by atoms with Crippen LogP contribution in [0.1, 0.15) is 46.0 Å². The van der Waals surface area contributed by atoms with Crippen molar-refractivity contribution in [3.8, 4) is 0 Å². The van der Waals surface area contributed by atoms with Crippen molar-refractivity contribution in [2.75, 3.05) is 26.7 Å². The molecule has 5 N–H and O–H groups in total. The largest absolute Gasteiger partial charge is 0.480 e. The predicted octanol–water partition coefficient (Wildman–Crippen LogP) is 0.471. The Morgan fingerprint density at radius 2 is 1.67 bits per heavy atom. The molecule has 0 radical (unpaired) electrons. The molecular formula is C21H30N5O4+. The molecule has 0 bridgehead atoms. The molecule has 0 aromatic carbocycles. The number of likely N-dealkylation sites (N-methyl/N-ethyl adjacent to an activating group) is 1. The number of aromatic nitrogens is 2. The quantitative estimate of drug-likeness (QED) is 0.439. The van der Waals surface area contributed by atoms with E-state index in [9.17, 15) is 14.4 Å². The second-order valence-corrected chi connectivity index (χ2v) is 6.28. The Kier molecular flexibility index (Phi) is 11.3. The molecule has 2 aromatic heterocycles. The summed E-state index contributed by atoms with van der Waals surface area (Å²) in [7, 11) is 1.86. The summed E-state index contributed by atoms with van der Waals surface area (Å²) >= 11 is 0. The van der Waals surface area contributed by atoms with Gasteiger partial charge in [-0.15, -0.1) is 0 Å². The van der Waals surface area contributed by atoms with Crippen molar-refractivity contribution in [2.24, 2.45) is 0 Å². The molecule has 0 spiro atoms. The summed E-state index contributed by atoms with van der Waals surface area (Å²) in [5.74, 6) is -1.53. The van der Waals surface area contributed by atoms with Crippen molar-refractivity contribution in [2.45, 2.75) is 26.7 Å². The molecule has 162 valence electrons. The van der Waals surface area contributed by atoms with Gasteiger partial charge < -0.3 is 21.1 Å². The summed E-state index contributed by atoms with van der Waals surface area (Å²) in [6, 6.07) is 7.15. The Balaban J connectivity index is 0.000000300. The number of rotatable bonds is 9. The number of aromatic amines is 1. The van der Waals surface area contributed by atoms with Gasteiger partial charge in [-0.1, -0.05) is 13.8 Å². The van der Waals surface area contributed by atoms with E-state index in [0.29, 0.717) is 17.7 Å². The van der Waals surface area contributed by atoms with E-state index in [2.05, 4.69) is 32.8 Å². The summed E-state index contributed by atoms with van der Waals surface area (Å²) < 4.78 is 0. The van der Waals surface area contributed by atoms with Crippen LogP contribution in [0.5, 0.6) is 0 Å². The van der Waals surface area contributed by atoms with Crippen LogP contribution >= 0.6 is 0 Å². The highest BCUT2D eigenvalue weighted by atomic mass is 16.4. The molecule has 30 heavy (non-hydrogen) atoms. The third-order valence-corrected chi connectivity index (χ3v) is 4.03. The Hall–Kier alpha value is -3.33. The minimum atomic E-state index is -1.07. The lowest BCUT2D eigenvalue weighted by atomic mass is 10.2. The number of carboxylic acids is 1. The van der Waals surface area contributed by atoms with Crippen LogP contribution in [0.4, 0.5) is 0 Å². The molecule has 2 aromatic rings. The highest BCUT2D eigenvalue weighted by molar-refractivity contribution is 5.95. The van der Waals surface area contributed by atoms with Crippen LogP contribution in [0.2, 0.25) is 0 Å². The van der Waals surface area contributed by atoms with Gasteiger partial charge in [0, 0.05) is 37.5 Å². The van der Waals surface area contributed by atoms with Crippen LogP contribution in [0.25, 0.3) is 0 Å². The number of nitrogens with one attached hydrogen (secondary N) is 4. The van der Waals surface area contributed by atoms with E-state index in [4.69, 9.17) is 5.11 Å². The monoisotopic (exact) mass is 416 g/mol. The fraction of sp³-hybridized carbons (Fsp3) is 0.381. The second-order valence-electron chi connectivity index (χ2n) is 6.28. The van der Waals surface area contributed by atoms with Crippen molar-refractivity contribution in [1.82, 2.24) is 20.9 Å². The van der Waals surface area contributed by atoms with E-state index in [1.807, 2.05) is 26.1 Å². The average Bonchev–Trinajstić information content (AvgIpc) is 2.78. The van der Waals surface area contributed by atoms with E-state index >= 15 is 0 Å². The number of hydrogen-bond donors (Lipinski definition) is 4. The maximum absolute atomic E-state index is 11.6. The summed E-state index contributed by atoms with van der Waals surface area (Å²) in [5.41, 5.74) is 3.06. The topological polar surface area (TPSA) is 135 Å². The molecule has 0 saturated heterocycles. The summed E-state index contributed by atoms with van der Waals surface area (Å²) in [5, 5.41) is 16.4. The fourth-order valence-corrected chi connectivity index (χ4v) is 2.25. The smallest absolute Gasteiger partial charge is 0.322 e. The number of carbonyl (C=O) groups excluding carboxylic acids is 2. The van der Waals surface area contributed by atoms with E-state index < -0.39 is 11.9 Å². The first-order chi connectivity index (χ1) is 14.4. The third kappa shape index (κ3) is 9.24. The molecule has 0 atom stereocenters. The summed E-state index contributed by atoms with van der Waals surface area (Å²) in [6.07, 6.45) is 4.93. The zero-order valence-corrected chi connectivity index (χ0v) is 17.6. The number of hydrogen-bond acceptors (Lipinski definition) is 5. The number of aliphatic carboxylic acids is 1. The van der Waals surface area contributed by atoms with Crippen LogP contribution in [-0.4, -0.2) is 54.6 Å². The zero-order chi connectivity index (χ0) is 22.4. The number of H-pyrrole nitrogens is 1. The van der Waals surface area contributed by atoms with Gasteiger partial charge in [-0.3, -0.25) is 19.4 Å². The van der Waals surface area contributed by atoms with Gasteiger partial charge in [0.1, 0.15) is 12.1 Å². The molecule has 0 saturated carbocycles. The molecular weight excluding hydrogens is 386 g/mol. The van der Waals surface area contributed by atoms with Gasteiger partial charge in [0.2, 0.25) is 0 Å². The fourth-order valence-electron chi connectivity index (χ4n) is 2.25. The van der Waals surface area contributed by atoms with Gasteiger partial charge in [-0.05, 0) is 31.7 Å². The Bertz CT molecular complexity index is 807. The van der Waals surface area contributed by atoms with Crippen molar-refractivity contribution in [3.63, 3.8) is 0 Å². The van der Waals surface area contributed by atoms with E-state index in [1.165, 1.54) is 6.20 Å².